The highest BCUT2D eigenvalue weighted by molar-refractivity contribution is 5.70. The Morgan fingerprint density at radius 1 is 1.00 bits per heavy atom. The van der Waals surface area contributed by atoms with Crippen LogP contribution >= 0.6 is 0 Å². The standard InChI is InChI=1S/C27H40O14/c1-12(2)7-20(32)41-25-21-17(8-19(27(21,6)34)37-13(3)29)16(10-35-25)11-36-26-24(39-15(5)31)23(38-14(4)30)22(33)18(9-28)40-26/h10,12,17-19,21-26,28,33-34H,7-9,11H2,1-6H3/t17-,18-,19-,21-,22+,23+,24+,25-,26-,27+/m0/s1. The molecule has 0 radical (unpaired) electrons. The van der Waals surface area contributed by atoms with Crippen LogP contribution in [0.3, 0.4) is 0 Å². The van der Waals surface area contributed by atoms with Gasteiger partial charge in [-0.3, -0.25) is 19.2 Å². The predicted octanol–water partition coefficient (Wildman–Crippen LogP) is 0.0928. The molecule has 0 unspecified atom stereocenters. The molecule has 1 saturated heterocycles. The van der Waals surface area contributed by atoms with Crippen molar-refractivity contribution in [2.24, 2.45) is 17.8 Å². The van der Waals surface area contributed by atoms with E-state index in [1.807, 2.05) is 13.8 Å². The zero-order valence-electron chi connectivity index (χ0n) is 24.0. The van der Waals surface area contributed by atoms with Gasteiger partial charge in [-0.05, 0) is 24.8 Å². The van der Waals surface area contributed by atoms with Gasteiger partial charge < -0.3 is 48.5 Å². The minimum Gasteiger partial charge on any atom is -0.462 e. The lowest BCUT2D eigenvalue weighted by Crippen LogP contribution is -2.61. The Bertz CT molecular complexity index is 1010. The molecule has 3 rings (SSSR count). The summed E-state index contributed by atoms with van der Waals surface area (Å²) in [5, 5.41) is 31.8. The van der Waals surface area contributed by atoms with E-state index in [0.717, 1.165) is 13.8 Å². The van der Waals surface area contributed by atoms with Crippen LogP contribution in [0.15, 0.2) is 11.8 Å². The van der Waals surface area contributed by atoms with Crippen LogP contribution < -0.4 is 0 Å². The summed E-state index contributed by atoms with van der Waals surface area (Å²) in [6.07, 6.45) is -7.45. The number of ether oxygens (including phenoxy) is 7. The molecule has 10 atom stereocenters. The van der Waals surface area contributed by atoms with Crippen molar-refractivity contribution in [1.29, 1.82) is 0 Å². The van der Waals surface area contributed by atoms with Crippen LogP contribution in [0.1, 0.15) is 54.4 Å². The normalized spacial score (nSPS) is 36.4. The molecule has 3 N–H and O–H groups in total. The first-order chi connectivity index (χ1) is 19.1. The summed E-state index contributed by atoms with van der Waals surface area (Å²) < 4.78 is 38.8. The fraction of sp³-hybridized carbons (Fsp3) is 0.778. The molecule has 2 fully saturated rings. The summed E-state index contributed by atoms with van der Waals surface area (Å²) in [5.74, 6) is -4.01. The lowest BCUT2D eigenvalue weighted by molar-refractivity contribution is -0.304. The number of esters is 4. The van der Waals surface area contributed by atoms with Gasteiger partial charge in [-0.25, -0.2) is 0 Å². The van der Waals surface area contributed by atoms with E-state index in [-0.39, 0.29) is 25.4 Å². The van der Waals surface area contributed by atoms with E-state index in [9.17, 15) is 34.5 Å². The zero-order chi connectivity index (χ0) is 30.6. The second kappa shape index (κ2) is 13.5. The van der Waals surface area contributed by atoms with Crippen LogP contribution in [-0.2, 0) is 52.3 Å². The summed E-state index contributed by atoms with van der Waals surface area (Å²) in [6.45, 7) is 7.73. The molecule has 1 saturated carbocycles. The van der Waals surface area contributed by atoms with Gasteiger partial charge in [0, 0.05) is 33.1 Å². The molecule has 41 heavy (non-hydrogen) atoms. The fourth-order valence-corrected chi connectivity index (χ4v) is 5.53. The molecular formula is C27H40O14. The Hall–Kier alpha value is -2.78. The third-order valence-electron chi connectivity index (χ3n) is 7.30. The fourth-order valence-electron chi connectivity index (χ4n) is 5.53. The van der Waals surface area contributed by atoms with Crippen molar-refractivity contribution in [2.75, 3.05) is 13.2 Å². The van der Waals surface area contributed by atoms with Gasteiger partial charge in [0.15, 0.2) is 18.5 Å². The lowest BCUT2D eigenvalue weighted by atomic mass is 9.81. The highest BCUT2D eigenvalue weighted by Gasteiger charge is 2.60. The topological polar surface area (TPSA) is 194 Å². The molecule has 14 nitrogen and oxygen atoms in total. The van der Waals surface area contributed by atoms with Crippen LogP contribution in [-0.4, -0.2) is 101 Å². The molecule has 3 aliphatic rings. The Kier molecular flexibility index (Phi) is 10.7. The molecule has 0 aromatic heterocycles. The van der Waals surface area contributed by atoms with Gasteiger partial charge in [-0.1, -0.05) is 13.8 Å². The smallest absolute Gasteiger partial charge is 0.309 e. The van der Waals surface area contributed by atoms with Crippen LogP contribution in [0.2, 0.25) is 0 Å². The summed E-state index contributed by atoms with van der Waals surface area (Å²) >= 11 is 0. The number of rotatable bonds is 10. The Balaban J connectivity index is 1.87. The van der Waals surface area contributed by atoms with Gasteiger partial charge in [0.05, 0.1) is 25.4 Å². The Morgan fingerprint density at radius 3 is 2.17 bits per heavy atom. The number of aliphatic hydroxyl groups excluding tert-OH is 2. The van der Waals surface area contributed by atoms with E-state index in [2.05, 4.69) is 0 Å². The van der Waals surface area contributed by atoms with Crippen molar-refractivity contribution in [3.8, 4) is 0 Å². The van der Waals surface area contributed by atoms with E-state index in [4.69, 9.17) is 33.2 Å². The first-order valence-corrected chi connectivity index (χ1v) is 13.5. The molecule has 232 valence electrons. The third-order valence-corrected chi connectivity index (χ3v) is 7.30. The zero-order valence-corrected chi connectivity index (χ0v) is 24.0. The van der Waals surface area contributed by atoms with Crippen LogP contribution in [0, 0.1) is 17.8 Å². The minimum atomic E-state index is -1.65. The molecule has 0 amide bonds. The number of fused-ring (bicyclic) bond motifs is 1. The summed E-state index contributed by atoms with van der Waals surface area (Å²) in [4.78, 5) is 47.8. The van der Waals surface area contributed by atoms with E-state index < -0.39 is 91.0 Å². The molecule has 14 heteroatoms. The first kappa shape index (κ1) is 32.7. The minimum absolute atomic E-state index is 0.0250. The number of hydrogen-bond donors (Lipinski definition) is 3. The highest BCUT2D eigenvalue weighted by atomic mass is 16.7. The largest absolute Gasteiger partial charge is 0.462 e. The number of hydrogen-bond acceptors (Lipinski definition) is 14. The van der Waals surface area contributed by atoms with E-state index in [0.29, 0.717) is 5.57 Å². The third kappa shape index (κ3) is 7.74. The summed E-state index contributed by atoms with van der Waals surface area (Å²) in [6, 6.07) is 0. The van der Waals surface area contributed by atoms with Gasteiger partial charge in [-0.2, -0.15) is 0 Å². The summed E-state index contributed by atoms with van der Waals surface area (Å²) in [5.41, 5.74) is -1.17. The van der Waals surface area contributed by atoms with Gasteiger partial charge in [0.25, 0.3) is 0 Å². The number of aliphatic hydroxyl groups is 3. The molecule has 0 bridgehead atoms. The predicted molar refractivity (Wildman–Crippen MR) is 135 cm³/mol. The molecular weight excluding hydrogens is 548 g/mol. The molecule has 0 aromatic rings. The molecule has 1 aliphatic carbocycles. The van der Waals surface area contributed by atoms with Gasteiger partial charge in [0.1, 0.15) is 23.9 Å². The Morgan fingerprint density at radius 2 is 1.61 bits per heavy atom. The number of carbonyl (C=O) groups excluding carboxylic acids is 4. The number of carbonyl (C=O) groups is 4. The van der Waals surface area contributed by atoms with Crippen molar-refractivity contribution >= 4 is 23.9 Å². The maximum Gasteiger partial charge on any atom is 0.309 e. The second-order valence-corrected chi connectivity index (χ2v) is 11.2. The van der Waals surface area contributed by atoms with Crippen LogP contribution in [0.25, 0.3) is 0 Å². The molecule has 2 aliphatic heterocycles. The van der Waals surface area contributed by atoms with Crippen molar-refractivity contribution in [2.45, 2.75) is 103 Å². The molecule has 2 heterocycles. The second-order valence-electron chi connectivity index (χ2n) is 11.2. The monoisotopic (exact) mass is 588 g/mol. The van der Waals surface area contributed by atoms with Crippen molar-refractivity contribution in [3.05, 3.63) is 11.8 Å². The van der Waals surface area contributed by atoms with Crippen molar-refractivity contribution in [1.82, 2.24) is 0 Å². The van der Waals surface area contributed by atoms with Crippen LogP contribution in [0.4, 0.5) is 0 Å². The van der Waals surface area contributed by atoms with Crippen LogP contribution in [0.5, 0.6) is 0 Å². The molecule has 0 aromatic carbocycles. The molecule has 0 spiro atoms. The van der Waals surface area contributed by atoms with E-state index in [1.54, 1.807) is 0 Å². The average Bonchev–Trinajstić information content (AvgIpc) is 3.10. The van der Waals surface area contributed by atoms with Gasteiger partial charge in [-0.15, -0.1) is 0 Å². The van der Waals surface area contributed by atoms with Gasteiger partial charge in [0.2, 0.25) is 6.29 Å². The quantitative estimate of drug-likeness (QED) is 0.230. The summed E-state index contributed by atoms with van der Waals surface area (Å²) in [7, 11) is 0. The highest BCUT2D eigenvalue weighted by Crippen LogP contribution is 2.50. The maximum absolute atomic E-state index is 12.5. The van der Waals surface area contributed by atoms with E-state index >= 15 is 0 Å². The maximum atomic E-state index is 12.5. The van der Waals surface area contributed by atoms with Gasteiger partial charge >= 0.3 is 23.9 Å². The first-order valence-electron chi connectivity index (χ1n) is 13.5. The SMILES string of the molecule is CC(=O)O[C@@H]1[C@H](O)[C@H](CO)O[C@H](OCC2=CO[C@@H](OC(=O)CC(C)C)[C@@H]3[C@H]2C[C@H](OC(C)=O)[C@@]3(C)O)[C@@H]1OC(C)=O. The lowest BCUT2D eigenvalue weighted by Gasteiger charge is -2.43. The van der Waals surface area contributed by atoms with Crippen molar-refractivity contribution in [3.63, 3.8) is 0 Å². The average molecular weight is 589 g/mol. The van der Waals surface area contributed by atoms with Crippen molar-refractivity contribution < 1.29 is 67.7 Å². The van der Waals surface area contributed by atoms with E-state index in [1.165, 1.54) is 20.1 Å². The Labute approximate surface area is 237 Å².